The van der Waals surface area contributed by atoms with Crippen LogP contribution in [-0.4, -0.2) is 11.2 Å². The van der Waals surface area contributed by atoms with Crippen LogP contribution in [0.3, 0.4) is 0 Å². The minimum absolute atomic E-state index is 0.245. The van der Waals surface area contributed by atoms with Crippen LogP contribution in [-0.2, 0) is 0 Å². The Labute approximate surface area is 157 Å². The number of hydrogen-bond acceptors (Lipinski definition) is 1. The summed E-state index contributed by atoms with van der Waals surface area (Å²) >= 11 is 0. The van der Waals surface area contributed by atoms with Crippen molar-refractivity contribution in [2.45, 2.75) is 65.3 Å². The van der Waals surface area contributed by atoms with E-state index in [0.717, 1.165) is 24.1 Å². The summed E-state index contributed by atoms with van der Waals surface area (Å²) in [6, 6.07) is 15.9. The summed E-state index contributed by atoms with van der Waals surface area (Å²) < 4.78 is 0. The first-order chi connectivity index (χ1) is 12.4. The molecule has 2 aromatic carbocycles. The van der Waals surface area contributed by atoms with Gasteiger partial charge in [0, 0.05) is 5.69 Å². The first-order valence-corrected chi connectivity index (χ1v) is 9.60. The molecule has 0 aromatic heterocycles. The maximum absolute atomic E-state index is 12.1. The lowest BCUT2D eigenvalue weighted by Gasteiger charge is -2.29. The van der Waals surface area contributed by atoms with E-state index in [1.165, 1.54) is 16.0 Å². The highest BCUT2D eigenvalue weighted by atomic mass is 16.4. The molecule has 0 heterocycles. The van der Waals surface area contributed by atoms with E-state index in [0.29, 0.717) is 11.8 Å². The molecule has 0 aliphatic carbocycles. The van der Waals surface area contributed by atoms with Crippen molar-refractivity contribution in [2.75, 3.05) is 4.90 Å². The van der Waals surface area contributed by atoms with E-state index < -0.39 is 6.09 Å². The molecular formula is C23H31NO2. The molecule has 2 aromatic rings. The number of anilines is 1. The van der Waals surface area contributed by atoms with Gasteiger partial charge in [0.1, 0.15) is 0 Å². The summed E-state index contributed by atoms with van der Waals surface area (Å²) in [5.74, 6) is 0.806. The van der Waals surface area contributed by atoms with Gasteiger partial charge in [-0.15, -0.1) is 0 Å². The van der Waals surface area contributed by atoms with Gasteiger partial charge < -0.3 is 5.11 Å². The Morgan fingerprint density at radius 3 is 1.81 bits per heavy atom. The fourth-order valence-corrected chi connectivity index (χ4v) is 3.22. The number of amides is 1. The zero-order chi connectivity index (χ0) is 19.3. The monoisotopic (exact) mass is 353 g/mol. The summed E-state index contributed by atoms with van der Waals surface area (Å²) in [5.41, 5.74) is 4.19. The van der Waals surface area contributed by atoms with E-state index in [4.69, 9.17) is 0 Å². The molecule has 140 valence electrons. The molecule has 0 spiro atoms. The number of rotatable bonds is 7. The Hall–Kier alpha value is -2.29. The molecule has 0 aliphatic heterocycles. The zero-order valence-corrected chi connectivity index (χ0v) is 16.6. The van der Waals surface area contributed by atoms with E-state index in [2.05, 4.69) is 33.8 Å². The van der Waals surface area contributed by atoms with Crippen LogP contribution in [0.1, 0.15) is 82.0 Å². The zero-order valence-electron chi connectivity index (χ0n) is 16.6. The highest BCUT2D eigenvalue weighted by Gasteiger charge is 2.24. The molecule has 1 N–H and O–H groups in total. The van der Waals surface area contributed by atoms with Crippen molar-refractivity contribution in [1.82, 2.24) is 0 Å². The molecular weight excluding hydrogens is 322 g/mol. The first kappa shape index (κ1) is 20.0. The Morgan fingerprint density at radius 2 is 1.38 bits per heavy atom. The molecule has 1 amide bonds. The molecule has 0 aliphatic rings. The number of nitrogens with zero attached hydrogens (tertiary/aromatic N) is 1. The van der Waals surface area contributed by atoms with E-state index >= 15 is 0 Å². The molecule has 3 unspecified atom stereocenters. The molecule has 0 saturated heterocycles. The molecule has 0 fully saturated rings. The lowest BCUT2D eigenvalue weighted by molar-refractivity contribution is 0.199. The van der Waals surface area contributed by atoms with E-state index in [-0.39, 0.29) is 6.04 Å². The van der Waals surface area contributed by atoms with Crippen molar-refractivity contribution >= 4 is 11.8 Å². The summed E-state index contributed by atoms with van der Waals surface area (Å²) in [6.07, 6.45) is 1.15. The predicted molar refractivity (Wildman–Crippen MR) is 109 cm³/mol. The second-order valence-corrected chi connectivity index (χ2v) is 7.22. The maximum Gasteiger partial charge on any atom is 0.412 e. The van der Waals surface area contributed by atoms with Crippen LogP contribution in [0.25, 0.3) is 0 Å². The third-order valence-corrected chi connectivity index (χ3v) is 5.48. The Morgan fingerprint density at radius 1 is 0.885 bits per heavy atom. The Bertz CT molecular complexity index is 698. The van der Waals surface area contributed by atoms with Crippen LogP contribution in [0.15, 0.2) is 48.5 Å². The minimum Gasteiger partial charge on any atom is -0.465 e. The van der Waals surface area contributed by atoms with E-state index in [1.54, 1.807) is 0 Å². The fourth-order valence-electron chi connectivity index (χ4n) is 3.22. The molecule has 26 heavy (non-hydrogen) atoms. The quantitative estimate of drug-likeness (QED) is 0.584. The van der Waals surface area contributed by atoms with Gasteiger partial charge in [-0.25, -0.2) is 4.79 Å². The van der Waals surface area contributed by atoms with Gasteiger partial charge in [-0.2, -0.15) is 0 Å². The number of hydrogen-bond donors (Lipinski definition) is 1. The minimum atomic E-state index is -0.919. The van der Waals surface area contributed by atoms with Gasteiger partial charge in [0.2, 0.25) is 0 Å². The summed E-state index contributed by atoms with van der Waals surface area (Å²) in [7, 11) is 0. The van der Waals surface area contributed by atoms with Crippen LogP contribution in [0.5, 0.6) is 0 Å². The van der Waals surface area contributed by atoms with Crippen LogP contribution >= 0.6 is 0 Å². The van der Waals surface area contributed by atoms with Gasteiger partial charge in [-0.1, -0.05) is 64.1 Å². The van der Waals surface area contributed by atoms with Crippen LogP contribution in [0.4, 0.5) is 10.5 Å². The first-order valence-electron chi connectivity index (χ1n) is 9.60. The van der Waals surface area contributed by atoms with Crippen molar-refractivity contribution in [3.05, 3.63) is 65.2 Å². The molecule has 0 radical (unpaired) electrons. The number of carbonyl (C=O) groups is 1. The molecule has 0 bridgehead atoms. The van der Waals surface area contributed by atoms with Crippen molar-refractivity contribution in [1.29, 1.82) is 0 Å². The van der Waals surface area contributed by atoms with Crippen LogP contribution in [0, 0.1) is 0 Å². The fraction of sp³-hybridized carbons (Fsp3) is 0.435. The summed E-state index contributed by atoms with van der Waals surface area (Å²) in [4.78, 5) is 13.6. The Kier molecular flexibility index (Phi) is 6.84. The standard InChI is InChI=1S/C23H31NO2/c1-6-16(3)20-13-21(17(4)7-2)15-22(14-20)24(23(25)26)18(5)19-11-9-8-10-12-19/h8-18H,6-7H2,1-5H3,(H,25,26). The lowest BCUT2D eigenvalue weighted by atomic mass is 9.90. The van der Waals surface area contributed by atoms with Gasteiger partial charge in [0.05, 0.1) is 6.04 Å². The van der Waals surface area contributed by atoms with Gasteiger partial charge in [0.15, 0.2) is 0 Å². The lowest BCUT2D eigenvalue weighted by Crippen LogP contribution is -2.32. The highest BCUT2D eigenvalue weighted by molar-refractivity contribution is 5.87. The van der Waals surface area contributed by atoms with Crippen LogP contribution in [0.2, 0.25) is 0 Å². The highest BCUT2D eigenvalue weighted by Crippen LogP contribution is 2.34. The number of benzene rings is 2. The third-order valence-electron chi connectivity index (χ3n) is 5.48. The summed E-state index contributed by atoms with van der Waals surface area (Å²) in [5, 5.41) is 9.96. The Balaban J connectivity index is 2.55. The van der Waals surface area contributed by atoms with Crippen molar-refractivity contribution < 1.29 is 9.90 Å². The second-order valence-electron chi connectivity index (χ2n) is 7.22. The molecule has 3 atom stereocenters. The molecule has 2 rings (SSSR count). The summed E-state index contributed by atoms with van der Waals surface area (Å²) in [6.45, 7) is 10.7. The van der Waals surface area contributed by atoms with E-state index in [1.807, 2.05) is 49.4 Å². The molecule has 0 saturated carbocycles. The van der Waals surface area contributed by atoms with Crippen molar-refractivity contribution in [3.63, 3.8) is 0 Å². The third kappa shape index (κ3) is 4.46. The SMILES string of the molecule is CCC(C)c1cc(C(C)CC)cc(N(C(=O)O)C(C)c2ccccc2)c1. The average molecular weight is 354 g/mol. The maximum atomic E-state index is 12.1. The van der Waals surface area contributed by atoms with Gasteiger partial charge in [0.25, 0.3) is 0 Å². The van der Waals surface area contributed by atoms with E-state index in [9.17, 15) is 9.90 Å². The smallest absolute Gasteiger partial charge is 0.412 e. The number of carboxylic acid groups (broad SMARTS) is 1. The largest absolute Gasteiger partial charge is 0.465 e. The van der Waals surface area contributed by atoms with Gasteiger partial charge in [-0.3, -0.25) is 4.90 Å². The topological polar surface area (TPSA) is 40.5 Å². The second kappa shape index (κ2) is 8.88. The predicted octanol–water partition coefficient (Wildman–Crippen LogP) is 6.96. The van der Waals surface area contributed by atoms with Gasteiger partial charge in [-0.05, 0) is 60.4 Å². The van der Waals surface area contributed by atoms with Crippen molar-refractivity contribution in [2.24, 2.45) is 0 Å². The average Bonchev–Trinajstić information content (AvgIpc) is 2.66. The van der Waals surface area contributed by atoms with Gasteiger partial charge >= 0.3 is 6.09 Å². The molecule has 3 nitrogen and oxygen atoms in total. The normalized spacial score (nSPS) is 14.5. The van der Waals surface area contributed by atoms with Crippen LogP contribution < -0.4 is 4.90 Å². The van der Waals surface area contributed by atoms with Crippen molar-refractivity contribution in [3.8, 4) is 0 Å². The molecule has 3 heteroatoms.